The van der Waals surface area contributed by atoms with Gasteiger partial charge < -0.3 is 16.0 Å². The molecule has 8 nitrogen and oxygen atoms in total. The van der Waals surface area contributed by atoms with Gasteiger partial charge >= 0.3 is 0 Å². The van der Waals surface area contributed by atoms with Crippen molar-refractivity contribution >= 4 is 50.5 Å². The summed E-state index contributed by atoms with van der Waals surface area (Å²) in [6, 6.07) is 17.5. The fourth-order valence-corrected chi connectivity index (χ4v) is 6.76. The van der Waals surface area contributed by atoms with Crippen molar-refractivity contribution in [3.63, 3.8) is 0 Å². The first-order valence-corrected chi connectivity index (χ1v) is 15.5. The molecule has 2 aliphatic rings. The van der Waals surface area contributed by atoms with Gasteiger partial charge in [-0.05, 0) is 97.3 Å². The molecule has 41 heavy (non-hydrogen) atoms. The van der Waals surface area contributed by atoms with E-state index in [2.05, 4.69) is 33.4 Å². The molecule has 4 aromatic rings. The Morgan fingerprint density at radius 1 is 0.976 bits per heavy atom. The number of nitrogens with one attached hydrogen (secondary N) is 1. The second kappa shape index (κ2) is 11.9. The summed E-state index contributed by atoms with van der Waals surface area (Å²) in [6.45, 7) is 1.86. The third-order valence-corrected chi connectivity index (χ3v) is 9.85. The molecule has 1 atom stereocenters. The number of aryl methyl sites for hydroxylation is 1. The number of halogens is 1. The zero-order valence-electron chi connectivity index (χ0n) is 23.5. The van der Waals surface area contributed by atoms with E-state index in [1.54, 1.807) is 30.5 Å². The second-order valence-electron chi connectivity index (χ2n) is 11.0. The number of aromatic nitrogens is 2. The molecular weight excluding hydrogens is 556 g/mol. The van der Waals surface area contributed by atoms with Crippen LogP contribution < -0.4 is 16.0 Å². The minimum atomic E-state index is -3.47. The third kappa shape index (κ3) is 5.90. The van der Waals surface area contributed by atoms with Crippen molar-refractivity contribution in [2.75, 3.05) is 37.4 Å². The lowest BCUT2D eigenvalue weighted by Crippen LogP contribution is -2.27. The highest BCUT2D eigenvalue weighted by Crippen LogP contribution is 2.39. The van der Waals surface area contributed by atoms with Gasteiger partial charge in [-0.25, -0.2) is 17.7 Å². The lowest BCUT2D eigenvalue weighted by molar-refractivity contribution is 0.521. The quantitative estimate of drug-likeness (QED) is 0.284. The molecule has 3 heterocycles. The Labute approximate surface area is 248 Å². The van der Waals surface area contributed by atoms with Gasteiger partial charge in [0.05, 0.1) is 16.1 Å². The molecule has 0 unspecified atom stereocenters. The highest BCUT2D eigenvalue weighted by molar-refractivity contribution is 7.89. The van der Waals surface area contributed by atoms with Gasteiger partial charge in [-0.2, -0.15) is 0 Å². The molecule has 0 saturated carbocycles. The molecule has 10 heteroatoms. The van der Waals surface area contributed by atoms with Gasteiger partial charge in [-0.1, -0.05) is 12.5 Å². The summed E-state index contributed by atoms with van der Waals surface area (Å²) >= 11 is 0. The zero-order valence-corrected chi connectivity index (χ0v) is 25.1. The van der Waals surface area contributed by atoms with Crippen molar-refractivity contribution in [3.8, 4) is 11.1 Å². The minimum Gasteiger partial charge on any atom is -0.369 e. The summed E-state index contributed by atoms with van der Waals surface area (Å²) in [5.74, 6) is 0.687. The summed E-state index contributed by atoms with van der Waals surface area (Å²) < 4.78 is 26.0. The number of sulfonamides is 1. The standard InChI is InChI=1S/C31H36N6O2S.ClH/c1-36(2)40(38,39)25-11-9-24(10-12-25)34-30-19-22(14-16-33-30)21-8-13-29-27(18-21)31(37-17-15-23(32)20-37)26-6-4-3-5-7-28(26)35-29;/h8-14,16,18-19,23H,3-7,15,17,20,32H2,1-2H3,(H,33,34);1H/t23-;/m0./s1. The number of hydrogen-bond donors (Lipinski definition) is 2. The predicted octanol–water partition coefficient (Wildman–Crippen LogP) is 5.52. The summed E-state index contributed by atoms with van der Waals surface area (Å²) in [5.41, 5.74) is 14.3. The van der Waals surface area contributed by atoms with Crippen molar-refractivity contribution < 1.29 is 8.42 Å². The van der Waals surface area contributed by atoms with E-state index in [0.29, 0.717) is 5.82 Å². The van der Waals surface area contributed by atoms with Crippen LogP contribution in [-0.2, 0) is 22.9 Å². The first kappa shape index (κ1) is 29.3. The minimum absolute atomic E-state index is 0. The molecule has 0 bridgehead atoms. The molecule has 216 valence electrons. The van der Waals surface area contributed by atoms with E-state index in [0.717, 1.165) is 54.7 Å². The Morgan fingerprint density at radius 3 is 2.46 bits per heavy atom. The number of fused-ring (bicyclic) bond motifs is 2. The maximum absolute atomic E-state index is 12.4. The van der Waals surface area contributed by atoms with Gasteiger partial charge in [0.1, 0.15) is 5.82 Å². The Hall–Kier alpha value is -3.24. The van der Waals surface area contributed by atoms with E-state index in [9.17, 15) is 8.42 Å². The van der Waals surface area contributed by atoms with E-state index >= 15 is 0 Å². The summed E-state index contributed by atoms with van der Waals surface area (Å²) in [5, 5.41) is 4.50. The van der Waals surface area contributed by atoms with Crippen LogP contribution in [0.5, 0.6) is 0 Å². The molecule has 1 aliphatic heterocycles. The monoisotopic (exact) mass is 592 g/mol. The fourth-order valence-electron chi connectivity index (χ4n) is 5.85. The van der Waals surface area contributed by atoms with E-state index in [1.807, 2.05) is 12.1 Å². The SMILES string of the molecule is CN(C)S(=O)(=O)c1ccc(Nc2cc(-c3ccc4nc5c(c(N6CC[C@H](N)C6)c4c3)CCCCC5)ccn2)cc1.Cl. The van der Waals surface area contributed by atoms with Crippen LogP contribution in [0.15, 0.2) is 65.7 Å². The maximum Gasteiger partial charge on any atom is 0.242 e. The van der Waals surface area contributed by atoms with E-state index in [4.69, 9.17) is 10.7 Å². The molecule has 3 N–H and O–H groups in total. The summed E-state index contributed by atoms with van der Waals surface area (Å²) in [6.07, 6.45) is 8.57. The summed E-state index contributed by atoms with van der Waals surface area (Å²) in [7, 11) is -0.420. The van der Waals surface area contributed by atoms with Gasteiger partial charge in [0, 0.05) is 56.2 Å². The van der Waals surface area contributed by atoms with Gasteiger partial charge in [-0.15, -0.1) is 12.4 Å². The van der Waals surface area contributed by atoms with Crippen LogP contribution in [0.1, 0.15) is 36.9 Å². The molecular formula is C31H37ClN6O2S. The molecule has 1 aliphatic carbocycles. The largest absolute Gasteiger partial charge is 0.369 e. The maximum atomic E-state index is 12.4. The molecule has 2 aromatic heterocycles. The number of anilines is 3. The number of nitrogens with zero attached hydrogens (tertiary/aromatic N) is 4. The third-order valence-electron chi connectivity index (χ3n) is 8.02. The Balaban J connectivity index is 0.00000337. The molecule has 0 amide bonds. The number of nitrogens with two attached hydrogens (primary N) is 1. The van der Waals surface area contributed by atoms with Crippen LogP contribution in [0, 0.1) is 0 Å². The van der Waals surface area contributed by atoms with Crippen LogP contribution in [-0.4, -0.2) is 55.9 Å². The average molecular weight is 593 g/mol. The smallest absolute Gasteiger partial charge is 0.242 e. The first-order valence-electron chi connectivity index (χ1n) is 14.0. The van der Waals surface area contributed by atoms with Crippen LogP contribution >= 0.6 is 12.4 Å². The van der Waals surface area contributed by atoms with Crippen LogP contribution in [0.4, 0.5) is 17.2 Å². The van der Waals surface area contributed by atoms with Crippen LogP contribution in [0.25, 0.3) is 22.0 Å². The van der Waals surface area contributed by atoms with E-state index < -0.39 is 10.0 Å². The Bertz CT molecular complexity index is 1660. The molecule has 0 radical (unpaired) electrons. The van der Waals surface area contributed by atoms with E-state index in [1.165, 1.54) is 60.0 Å². The first-order chi connectivity index (χ1) is 19.3. The molecule has 6 rings (SSSR count). The van der Waals surface area contributed by atoms with Gasteiger partial charge in [0.25, 0.3) is 0 Å². The number of pyridine rings is 2. The molecule has 0 spiro atoms. The highest BCUT2D eigenvalue weighted by Gasteiger charge is 2.26. The topological polar surface area (TPSA) is 104 Å². The molecule has 2 aromatic carbocycles. The normalized spacial score (nSPS) is 17.3. The van der Waals surface area contributed by atoms with Crippen LogP contribution in [0.3, 0.4) is 0 Å². The fraction of sp³-hybridized carbons (Fsp3) is 0.355. The Kier molecular flexibility index (Phi) is 8.52. The van der Waals surface area contributed by atoms with Crippen molar-refractivity contribution in [1.82, 2.24) is 14.3 Å². The van der Waals surface area contributed by atoms with Gasteiger partial charge in [0.2, 0.25) is 10.0 Å². The lowest BCUT2D eigenvalue weighted by atomic mass is 9.97. The Morgan fingerprint density at radius 2 is 1.73 bits per heavy atom. The molecule has 1 fully saturated rings. The number of benzene rings is 2. The number of rotatable bonds is 6. The average Bonchev–Trinajstić information content (AvgIpc) is 3.24. The van der Waals surface area contributed by atoms with Gasteiger partial charge in [-0.3, -0.25) is 4.98 Å². The second-order valence-corrected chi connectivity index (χ2v) is 13.2. The van der Waals surface area contributed by atoms with E-state index in [-0.39, 0.29) is 23.3 Å². The van der Waals surface area contributed by atoms with Crippen LogP contribution in [0.2, 0.25) is 0 Å². The lowest BCUT2D eigenvalue weighted by Gasteiger charge is -2.25. The predicted molar refractivity (Wildman–Crippen MR) is 169 cm³/mol. The van der Waals surface area contributed by atoms with Crippen molar-refractivity contribution in [2.45, 2.75) is 49.5 Å². The molecule has 1 saturated heterocycles. The zero-order chi connectivity index (χ0) is 27.9. The van der Waals surface area contributed by atoms with Crippen molar-refractivity contribution in [1.29, 1.82) is 0 Å². The number of hydrogen-bond acceptors (Lipinski definition) is 7. The van der Waals surface area contributed by atoms with Gasteiger partial charge in [0.15, 0.2) is 0 Å². The van der Waals surface area contributed by atoms with Crippen molar-refractivity contribution in [2.24, 2.45) is 5.73 Å². The summed E-state index contributed by atoms with van der Waals surface area (Å²) in [4.78, 5) is 12.4. The highest BCUT2D eigenvalue weighted by atomic mass is 35.5. The van der Waals surface area contributed by atoms with Crippen molar-refractivity contribution in [3.05, 3.63) is 72.1 Å².